The highest BCUT2D eigenvalue weighted by atomic mass is 16.5. The van der Waals surface area contributed by atoms with Gasteiger partial charge >= 0.3 is 5.97 Å². The molecule has 0 heterocycles. The molecule has 2 nitrogen and oxygen atoms in total. The van der Waals surface area contributed by atoms with Crippen LogP contribution in [0.15, 0.2) is 49.6 Å². The van der Waals surface area contributed by atoms with Crippen molar-refractivity contribution in [3.8, 4) is 0 Å². The average molecular weight is 258 g/mol. The van der Waals surface area contributed by atoms with Crippen LogP contribution in [0.4, 0.5) is 0 Å². The van der Waals surface area contributed by atoms with Gasteiger partial charge in [0, 0.05) is 12.8 Å². The zero-order valence-corrected chi connectivity index (χ0v) is 11.6. The van der Waals surface area contributed by atoms with Crippen molar-refractivity contribution >= 4 is 5.97 Å². The molecule has 0 aliphatic heterocycles. The van der Waals surface area contributed by atoms with Gasteiger partial charge in [-0.3, -0.25) is 4.79 Å². The van der Waals surface area contributed by atoms with Crippen LogP contribution in [0.1, 0.15) is 30.4 Å². The van der Waals surface area contributed by atoms with Gasteiger partial charge in [-0.1, -0.05) is 43.0 Å². The minimum atomic E-state index is -0.252. The van der Waals surface area contributed by atoms with Gasteiger partial charge in [-0.25, -0.2) is 0 Å². The van der Waals surface area contributed by atoms with Gasteiger partial charge in [0.1, 0.15) is 6.10 Å². The van der Waals surface area contributed by atoms with E-state index in [9.17, 15) is 4.79 Å². The van der Waals surface area contributed by atoms with Crippen molar-refractivity contribution in [3.63, 3.8) is 0 Å². The maximum atomic E-state index is 11.7. The Morgan fingerprint density at radius 1 is 1.37 bits per heavy atom. The zero-order valence-electron chi connectivity index (χ0n) is 11.6. The van der Waals surface area contributed by atoms with Crippen molar-refractivity contribution < 1.29 is 9.53 Å². The van der Waals surface area contributed by atoms with E-state index in [0.29, 0.717) is 12.8 Å². The number of allylic oxidation sites excluding steroid dienone is 1. The van der Waals surface area contributed by atoms with Crippen molar-refractivity contribution in [1.29, 1.82) is 0 Å². The van der Waals surface area contributed by atoms with Crippen molar-refractivity contribution in [2.45, 2.75) is 38.7 Å². The second-order valence-corrected chi connectivity index (χ2v) is 4.58. The van der Waals surface area contributed by atoms with E-state index in [2.05, 4.69) is 32.2 Å². The molecule has 0 saturated heterocycles. The van der Waals surface area contributed by atoms with Gasteiger partial charge < -0.3 is 4.74 Å². The smallest absolute Gasteiger partial charge is 0.306 e. The van der Waals surface area contributed by atoms with Crippen LogP contribution >= 0.6 is 0 Å². The van der Waals surface area contributed by atoms with Gasteiger partial charge in [-0.2, -0.15) is 0 Å². The lowest BCUT2D eigenvalue weighted by molar-refractivity contribution is -0.146. The molecular weight excluding hydrogens is 236 g/mol. The second-order valence-electron chi connectivity index (χ2n) is 4.58. The highest BCUT2D eigenvalue weighted by Gasteiger charge is 2.12. The van der Waals surface area contributed by atoms with Gasteiger partial charge in [-0.15, -0.1) is 6.58 Å². The summed E-state index contributed by atoms with van der Waals surface area (Å²) in [6.45, 7) is 9.43. The Bertz CT molecular complexity index is 435. The molecule has 0 aromatic heterocycles. The SMILES string of the molecule is C=CCCCC(=O)O[C@@H](C=C)Cc1ccccc1C. The molecule has 0 bridgehead atoms. The minimum absolute atomic E-state index is 0.166. The molecule has 19 heavy (non-hydrogen) atoms. The first kappa shape index (κ1) is 15.2. The van der Waals surface area contributed by atoms with Gasteiger partial charge in [-0.05, 0) is 30.9 Å². The van der Waals surface area contributed by atoms with Crippen molar-refractivity contribution in [2.75, 3.05) is 0 Å². The number of ether oxygens (including phenoxy) is 1. The maximum Gasteiger partial charge on any atom is 0.306 e. The fourth-order valence-corrected chi connectivity index (χ4v) is 1.85. The Kier molecular flexibility index (Phi) is 6.65. The number of esters is 1. The minimum Gasteiger partial charge on any atom is -0.458 e. The predicted octanol–water partition coefficient (Wildman–Crippen LogP) is 3.99. The number of carbonyl (C=O) groups is 1. The first-order valence-corrected chi connectivity index (χ1v) is 6.64. The van der Waals surface area contributed by atoms with Crippen LogP contribution in [0.5, 0.6) is 0 Å². The lowest BCUT2D eigenvalue weighted by Gasteiger charge is -2.15. The summed E-state index contributed by atoms with van der Waals surface area (Å²) in [6, 6.07) is 8.11. The van der Waals surface area contributed by atoms with E-state index in [4.69, 9.17) is 4.74 Å². The van der Waals surface area contributed by atoms with E-state index >= 15 is 0 Å². The highest BCUT2D eigenvalue weighted by molar-refractivity contribution is 5.69. The predicted molar refractivity (Wildman–Crippen MR) is 79.0 cm³/mol. The van der Waals surface area contributed by atoms with Crippen LogP contribution in [0, 0.1) is 6.92 Å². The van der Waals surface area contributed by atoms with Crippen molar-refractivity contribution in [3.05, 3.63) is 60.7 Å². The first-order valence-electron chi connectivity index (χ1n) is 6.64. The number of hydrogen-bond acceptors (Lipinski definition) is 2. The molecule has 0 aliphatic rings. The van der Waals surface area contributed by atoms with Gasteiger partial charge in [0.05, 0.1) is 0 Å². The van der Waals surface area contributed by atoms with E-state index in [1.807, 2.05) is 18.2 Å². The van der Waals surface area contributed by atoms with E-state index in [-0.39, 0.29) is 12.1 Å². The summed E-state index contributed by atoms with van der Waals surface area (Å²) in [5.74, 6) is -0.166. The van der Waals surface area contributed by atoms with Crippen LogP contribution < -0.4 is 0 Å². The van der Waals surface area contributed by atoms with Gasteiger partial charge in [0.15, 0.2) is 0 Å². The molecule has 0 saturated carbocycles. The van der Waals surface area contributed by atoms with Crippen molar-refractivity contribution in [1.82, 2.24) is 0 Å². The molecule has 0 amide bonds. The normalized spacial score (nSPS) is 11.6. The fraction of sp³-hybridized carbons (Fsp3) is 0.353. The standard InChI is InChI=1S/C17H22O2/c1-4-6-7-12-17(18)19-16(5-2)13-15-11-9-8-10-14(15)3/h4-5,8-11,16H,1-2,6-7,12-13H2,3H3/t16-/m0/s1. The summed E-state index contributed by atoms with van der Waals surface area (Å²) < 4.78 is 5.41. The number of aryl methyl sites for hydroxylation is 1. The van der Waals surface area contributed by atoms with Crippen LogP contribution in [-0.2, 0) is 16.0 Å². The van der Waals surface area contributed by atoms with Gasteiger partial charge in [0.2, 0.25) is 0 Å². The molecule has 1 atom stereocenters. The van der Waals surface area contributed by atoms with Gasteiger partial charge in [0.25, 0.3) is 0 Å². The molecule has 1 aromatic rings. The molecule has 0 aliphatic carbocycles. The lowest BCUT2D eigenvalue weighted by Crippen LogP contribution is -2.18. The Hall–Kier alpha value is -1.83. The molecule has 2 heteroatoms. The van der Waals surface area contributed by atoms with Crippen LogP contribution in [0.25, 0.3) is 0 Å². The number of hydrogen-bond donors (Lipinski definition) is 0. The Morgan fingerprint density at radius 3 is 2.74 bits per heavy atom. The number of benzene rings is 1. The molecule has 0 spiro atoms. The highest BCUT2D eigenvalue weighted by Crippen LogP contribution is 2.13. The Balaban J connectivity index is 2.50. The molecule has 0 radical (unpaired) electrons. The molecule has 102 valence electrons. The lowest BCUT2D eigenvalue weighted by atomic mass is 10.0. The molecule has 0 fully saturated rings. The summed E-state index contributed by atoms with van der Waals surface area (Å²) >= 11 is 0. The largest absolute Gasteiger partial charge is 0.458 e. The fourth-order valence-electron chi connectivity index (χ4n) is 1.85. The Labute approximate surface area is 115 Å². The quantitative estimate of drug-likeness (QED) is 0.400. The monoisotopic (exact) mass is 258 g/mol. The maximum absolute atomic E-state index is 11.7. The van der Waals surface area contributed by atoms with Crippen molar-refractivity contribution in [2.24, 2.45) is 0 Å². The van der Waals surface area contributed by atoms with E-state index < -0.39 is 0 Å². The summed E-state index contributed by atoms with van der Waals surface area (Å²) in [7, 11) is 0. The van der Waals surface area contributed by atoms with Crippen LogP contribution in [0.2, 0.25) is 0 Å². The third-order valence-corrected chi connectivity index (χ3v) is 3.02. The third kappa shape index (κ3) is 5.56. The topological polar surface area (TPSA) is 26.3 Å². The number of unbranched alkanes of at least 4 members (excludes halogenated alkanes) is 1. The first-order chi connectivity index (χ1) is 9.17. The van der Waals surface area contributed by atoms with E-state index in [1.54, 1.807) is 6.08 Å². The molecule has 1 rings (SSSR count). The molecule has 1 aromatic carbocycles. The molecular formula is C17H22O2. The summed E-state index contributed by atoms with van der Waals surface area (Å²) in [6.07, 6.45) is 6.00. The van der Waals surface area contributed by atoms with Crippen LogP contribution in [0.3, 0.4) is 0 Å². The summed E-state index contributed by atoms with van der Waals surface area (Å²) in [5.41, 5.74) is 2.39. The van der Waals surface area contributed by atoms with E-state index in [1.165, 1.54) is 11.1 Å². The average Bonchev–Trinajstić information content (AvgIpc) is 2.40. The zero-order chi connectivity index (χ0) is 14.1. The molecule has 0 N–H and O–H groups in total. The summed E-state index contributed by atoms with van der Waals surface area (Å²) in [4.78, 5) is 11.7. The number of rotatable bonds is 8. The summed E-state index contributed by atoms with van der Waals surface area (Å²) in [5, 5.41) is 0. The molecule has 0 unspecified atom stereocenters. The van der Waals surface area contributed by atoms with Crippen LogP contribution in [-0.4, -0.2) is 12.1 Å². The third-order valence-electron chi connectivity index (χ3n) is 3.02. The number of carbonyl (C=O) groups excluding carboxylic acids is 1. The second kappa shape index (κ2) is 8.30. The van der Waals surface area contributed by atoms with E-state index in [0.717, 1.165) is 12.8 Å². The Morgan fingerprint density at radius 2 is 2.11 bits per heavy atom.